The average molecular weight is 223 g/mol. The number of rotatable bonds is 4. The van der Waals surface area contributed by atoms with Crippen LogP contribution in [0.25, 0.3) is 0 Å². The van der Waals surface area contributed by atoms with Crippen molar-refractivity contribution in [2.75, 3.05) is 6.54 Å². The zero-order valence-corrected chi connectivity index (χ0v) is 9.93. The van der Waals surface area contributed by atoms with Gasteiger partial charge in [-0.25, -0.2) is 0 Å². The molecule has 0 aromatic carbocycles. The average Bonchev–Trinajstić information content (AvgIpc) is 2.80. The van der Waals surface area contributed by atoms with Crippen LogP contribution in [0.15, 0.2) is 23.0 Å². The van der Waals surface area contributed by atoms with E-state index < -0.39 is 0 Å². The summed E-state index contributed by atoms with van der Waals surface area (Å²) in [4.78, 5) is 2.36. The molecule has 0 spiro atoms. The second kappa shape index (κ2) is 5.51. The second-order valence-corrected chi connectivity index (χ2v) is 4.61. The molecule has 90 valence electrons. The summed E-state index contributed by atoms with van der Waals surface area (Å²) in [6.45, 7) is 4.02. The Labute approximate surface area is 97.1 Å². The summed E-state index contributed by atoms with van der Waals surface area (Å²) in [5, 5.41) is 10.0. The van der Waals surface area contributed by atoms with Crippen molar-refractivity contribution in [2.45, 2.75) is 51.3 Å². The Kier molecular flexibility index (Phi) is 4.02. The van der Waals surface area contributed by atoms with Crippen LogP contribution in [0.1, 0.15) is 38.2 Å². The lowest BCUT2D eigenvalue weighted by molar-refractivity contribution is 0.0182. The molecule has 1 aliphatic carbocycles. The van der Waals surface area contributed by atoms with Crippen molar-refractivity contribution in [1.29, 1.82) is 0 Å². The quantitative estimate of drug-likeness (QED) is 0.851. The maximum atomic E-state index is 10.0. The molecule has 0 radical (unpaired) electrons. The Morgan fingerprint density at radius 1 is 1.44 bits per heavy atom. The van der Waals surface area contributed by atoms with Gasteiger partial charge in [0.05, 0.1) is 18.6 Å². The van der Waals surface area contributed by atoms with E-state index in [0.717, 1.165) is 25.9 Å². The van der Waals surface area contributed by atoms with Crippen molar-refractivity contribution in [2.24, 2.45) is 0 Å². The molecule has 2 atom stereocenters. The van der Waals surface area contributed by atoms with E-state index in [0.29, 0.717) is 6.04 Å². The number of nitrogens with zero attached hydrogens (tertiary/aromatic N) is 1. The Morgan fingerprint density at radius 3 is 2.88 bits per heavy atom. The Balaban J connectivity index is 1.98. The zero-order chi connectivity index (χ0) is 11.4. The van der Waals surface area contributed by atoms with Crippen LogP contribution in [-0.2, 0) is 6.54 Å². The van der Waals surface area contributed by atoms with Gasteiger partial charge in [-0.2, -0.15) is 0 Å². The first-order chi connectivity index (χ1) is 7.81. The van der Waals surface area contributed by atoms with Crippen molar-refractivity contribution in [3.05, 3.63) is 24.2 Å². The number of furan rings is 1. The van der Waals surface area contributed by atoms with Gasteiger partial charge in [0.2, 0.25) is 0 Å². The van der Waals surface area contributed by atoms with Crippen LogP contribution in [0.3, 0.4) is 0 Å². The highest BCUT2D eigenvalue weighted by atomic mass is 16.3. The third kappa shape index (κ3) is 2.66. The summed E-state index contributed by atoms with van der Waals surface area (Å²) in [5.41, 5.74) is 1.19. The summed E-state index contributed by atoms with van der Waals surface area (Å²) >= 11 is 0. The van der Waals surface area contributed by atoms with Crippen LogP contribution in [0.2, 0.25) is 0 Å². The van der Waals surface area contributed by atoms with E-state index in [9.17, 15) is 5.11 Å². The lowest BCUT2D eigenvalue weighted by atomic mass is 9.91. The molecule has 2 rings (SSSR count). The topological polar surface area (TPSA) is 36.6 Å². The number of aliphatic hydroxyl groups is 1. The molecular weight excluding hydrogens is 202 g/mol. The fourth-order valence-electron chi connectivity index (χ4n) is 2.60. The molecule has 3 nitrogen and oxygen atoms in total. The first-order valence-corrected chi connectivity index (χ1v) is 6.24. The molecule has 3 heteroatoms. The molecule has 16 heavy (non-hydrogen) atoms. The smallest absolute Gasteiger partial charge is 0.0947 e. The monoisotopic (exact) mass is 223 g/mol. The second-order valence-electron chi connectivity index (χ2n) is 4.61. The molecule has 0 amide bonds. The molecule has 0 bridgehead atoms. The van der Waals surface area contributed by atoms with Crippen LogP contribution in [0, 0.1) is 0 Å². The minimum atomic E-state index is -0.152. The third-order valence-electron chi connectivity index (χ3n) is 3.53. The van der Waals surface area contributed by atoms with E-state index >= 15 is 0 Å². The molecule has 2 unspecified atom stereocenters. The lowest BCUT2D eigenvalue weighted by Gasteiger charge is -2.36. The predicted octanol–water partition coefficient (Wildman–Crippen LogP) is 2.41. The molecular formula is C13H21NO2. The van der Waals surface area contributed by atoms with Crippen molar-refractivity contribution < 1.29 is 9.52 Å². The maximum absolute atomic E-state index is 10.0. The third-order valence-corrected chi connectivity index (χ3v) is 3.53. The predicted molar refractivity (Wildman–Crippen MR) is 63.1 cm³/mol. The van der Waals surface area contributed by atoms with Crippen LogP contribution in [0.5, 0.6) is 0 Å². The highest BCUT2D eigenvalue weighted by molar-refractivity contribution is 5.05. The minimum Gasteiger partial charge on any atom is -0.472 e. The number of aliphatic hydroxyl groups excluding tert-OH is 1. The Hall–Kier alpha value is -0.800. The van der Waals surface area contributed by atoms with E-state index in [-0.39, 0.29) is 6.10 Å². The largest absolute Gasteiger partial charge is 0.472 e. The van der Waals surface area contributed by atoms with Gasteiger partial charge in [-0.15, -0.1) is 0 Å². The maximum Gasteiger partial charge on any atom is 0.0947 e. The standard InChI is InChI=1S/C13H21NO2/c1-2-14(9-11-7-8-16-10-11)12-5-3-4-6-13(12)15/h7-8,10,12-13,15H,2-6,9H2,1H3. The summed E-state index contributed by atoms with van der Waals surface area (Å²) in [7, 11) is 0. The van der Waals surface area contributed by atoms with Gasteiger partial charge in [0.15, 0.2) is 0 Å². The van der Waals surface area contributed by atoms with Gasteiger partial charge in [-0.05, 0) is 25.5 Å². The van der Waals surface area contributed by atoms with Gasteiger partial charge in [-0.1, -0.05) is 19.8 Å². The van der Waals surface area contributed by atoms with Crippen LogP contribution in [0.4, 0.5) is 0 Å². The van der Waals surface area contributed by atoms with Gasteiger partial charge >= 0.3 is 0 Å². The van der Waals surface area contributed by atoms with Crippen molar-refractivity contribution in [3.8, 4) is 0 Å². The summed E-state index contributed by atoms with van der Waals surface area (Å²) in [6.07, 6.45) is 7.82. The molecule has 1 aromatic heterocycles. The van der Waals surface area contributed by atoms with Crippen molar-refractivity contribution in [3.63, 3.8) is 0 Å². The normalized spacial score (nSPS) is 26.2. The number of hydrogen-bond acceptors (Lipinski definition) is 3. The molecule has 1 N–H and O–H groups in total. The summed E-state index contributed by atoms with van der Waals surface area (Å²) in [5.74, 6) is 0. The molecule has 0 saturated heterocycles. The zero-order valence-electron chi connectivity index (χ0n) is 9.93. The highest BCUT2D eigenvalue weighted by Gasteiger charge is 2.27. The van der Waals surface area contributed by atoms with Crippen molar-refractivity contribution in [1.82, 2.24) is 4.90 Å². The van der Waals surface area contributed by atoms with E-state index in [1.54, 1.807) is 12.5 Å². The number of hydrogen-bond donors (Lipinski definition) is 1. The minimum absolute atomic E-state index is 0.152. The molecule has 1 heterocycles. The summed E-state index contributed by atoms with van der Waals surface area (Å²) in [6, 6.07) is 2.33. The highest BCUT2D eigenvalue weighted by Crippen LogP contribution is 2.24. The van der Waals surface area contributed by atoms with Gasteiger partial charge in [0, 0.05) is 18.2 Å². The van der Waals surface area contributed by atoms with Crippen LogP contribution in [-0.4, -0.2) is 28.7 Å². The van der Waals surface area contributed by atoms with E-state index in [1.807, 2.05) is 6.07 Å². The van der Waals surface area contributed by atoms with E-state index in [2.05, 4.69) is 11.8 Å². The van der Waals surface area contributed by atoms with Gasteiger partial charge < -0.3 is 9.52 Å². The SMILES string of the molecule is CCN(Cc1ccoc1)C1CCCCC1O. The first kappa shape index (κ1) is 11.7. The fraction of sp³-hybridized carbons (Fsp3) is 0.692. The number of likely N-dealkylation sites (N-methyl/N-ethyl adjacent to an activating group) is 1. The van der Waals surface area contributed by atoms with E-state index in [1.165, 1.54) is 18.4 Å². The Bertz CT molecular complexity index is 297. The van der Waals surface area contributed by atoms with Gasteiger partial charge in [0.1, 0.15) is 0 Å². The summed E-state index contributed by atoms with van der Waals surface area (Å²) < 4.78 is 5.08. The molecule has 1 saturated carbocycles. The molecule has 1 aromatic rings. The molecule has 1 aliphatic rings. The van der Waals surface area contributed by atoms with Crippen molar-refractivity contribution >= 4 is 0 Å². The first-order valence-electron chi connectivity index (χ1n) is 6.24. The van der Waals surface area contributed by atoms with Crippen LogP contribution >= 0.6 is 0 Å². The van der Waals surface area contributed by atoms with Gasteiger partial charge in [-0.3, -0.25) is 4.90 Å². The molecule has 1 fully saturated rings. The molecule has 0 aliphatic heterocycles. The lowest BCUT2D eigenvalue weighted by Crippen LogP contribution is -2.44. The fourth-order valence-corrected chi connectivity index (χ4v) is 2.60. The van der Waals surface area contributed by atoms with Crippen LogP contribution < -0.4 is 0 Å². The Morgan fingerprint density at radius 2 is 2.25 bits per heavy atom. The van der Waals surface area contributed by atoms with Gasteiger partial charge in [0.25, 0.3) is 0 Å². The van der Waals surface area contributed by atoms with E-state index in [4.69, 9.17) is 4.42 Å².